The van der Waals surface area contributed by atoms with Gasteiger partial charge >= 0.3 is 0 Å². The Morgan fingerprint density at radius 1 is 1.47 bits per heavy atom. The van der Waals surface area contributed by atoms with Crippen molar-refractivity contribution in [1.29, 1.82) is 0 Å². The number of aryl methyl sites for hydroxylation is 2. The molecule has 1 unspecified atom stereocenters. The summed E-state index contributed by atoms with van der Waals surface area (Å²) in [5.41, 5.74) is 1.42. The van der Waals surface area contributed by atoms with Crippen LogP contribution in [0.15, 0.2) is 6.07 Å². The average molecular weight is 227 g/mol. The maximum atomic E-state index is 5.16. The normalized spacial score (nSPS) is 13.1. The Morgan fingerprint density at radius 3 is 2.67 bits per heavy atom. The summed E-state index contributed by atoms with van der Waals surface area (Å²) in [6.45, 7) is 8.28. The van der Waals surface area contributed by atoms with E-state index in [0.717, 1.165) is 19.6 Å². The maximum Gasteiger partial charge on any atom is 0.0615 e. The third-order valence-corrected chi connectivity index (χ3v) is 3.59. The average Bonchev–Trinajstić information content (AvgIpc) is 2.52. The lowest BCUT2D eigenvalue weighted by atomic mass is 10.2. The summed E-state index contributed by atoms with van der Waals surface area (Å²) in [7, 11) is 1.75. The van der Waals surface area contributed by atoms with Gasteiger partial charge in [0.25, 0.3) is 0 Å². The summed E-state index contributed by atoms with van der Waals surface area (Å²) in [5.74, 6) is 0. The van der Waals surface area contributed by atoms with Gasteiger partial charge in [-0.05, 0) is 31.9 Å². The summed E-state index contributed by atoms with van der Waals surface area (Å²) in [4.78, 5) is 2.82. The first kappa shape index (κ1) is 12.7. The molecule has 15 heavy (non-hydrogen) atoms. The van der Waals surface area contributed by atoms with Crippen LogP contribution in [0.3, 0.4) is 0 Å². The predicted octanol–water partition coefficient (Wildman–Crippen LogP) is 2.88. The minimum atomic E-state index is 0.467. The molecule has 0 aromatic carbocycles. The molecule has 3 heteroatoms. The van der Waals surface area contributed by atoms with Crippen LogP contribution in [0.4, 0.5) is 0 Å². The molecule has 1 atom stereocenters. The molecule has 0 saturated carbocycles. The molecule has 0 aliphatic rings. The van der Waals surface area contributed by atoms with Crippen molar-refractivity contribution < 1.29 is 4.74 Å². The van der Waals surface area contributed by atoms with Crippen molar-refractivity contribution >= 4 is 11.3 Å². The van der Waals surface area contributed by atoms with Gasteiger partial charge in [0.2, 0.25) is 0 Å². The van der Waals surface area contributed by atoms with Gasteiger partial charge in [-0.25, -0.2) is 0 Å². The minimum Gasteiger partial charge on any atom is -0.383 e. The first-order valence-electron chi connectivity index (χ1n) is 5.45. The molecule has 0 fully saturated rings. The lowest BCUT2D eigenvalue weighted by Crippen LogP contribution is -2.32. The summed E-state index contributed by atoms with van der Waals surface area (Å²) in [6, 6.07) is 2.74. The van der Waals surface area contributed by atoms with Crippen molar-refractivity contribution in [3.05, 3.63) is 21.4 Å². The van der Waals surface area contributed by atoms with Crippen molar-refractivity contribution in [2.75, 3.05) is 13.7 Å². The van der Waals surface area contributed by atoms with E-state index in [-0.39, 0.29) is 0 Å². The number of hydrogen-bond acceptors (Lipinski definition) is 3. The van der Waals surface area contributed by atoms with Crippen LogP contribution in [0.1, 0.15) is 28.7 Å². The Bertz CT molecular complexity index is 296. The van der Waals surface area contributed by atoms with E-state index in [2.05, 4.69) is 32.2 Å². The molecule has 0 saturated heterocycles. The third-order valence-electron chi connectivity index (χ3n) is 2.59. The highest BCUT2D eigenvalue weighted by molar-refractivity contribution is 7.12. The second-order valence-electron chi connectivity index (χ2n) is 3.88. The maximum absolute atomic E-state index is 5.16. The molecule has 1 N–H and O–H groups in total. The van der Waals surface area contributed by atoms with Crippen molar-refractivity contribution in [3.63, 3.8) is 0 Å². The Labute approximate surface area is 96.7 Å². The van der Waals surface area contributed by atoms with Gasteiger partial charge in [0.1, 0.15) is 0 Å². The molecule has 0 radical (unpaired) electrons. The van der Waals surface area contributed by atoms with Gasteiger partial charge in [-0.3, -0.25) is 0 Å². The molecule has 0 amide bonds. The van der Waals surface area contributed by atoms with Crippen LogP contribution in [0, 0.1) is 13.8 Å². The Kier molecular flexibility index (Phi) is 5.29. The van der Waals surface area contributed by atoms with Gasteiger partial charge in [-0.1, -0.05) is 6.92 Å². The fourth-order valence-corrected chi connectivity index (χ4v) is 2.58. The number of rotatable bonds is 6. The second kappa shape index (κ2) is 6.26. The Balaban J connectivity index is 2.44. The highest BCUT2D eigenvalue weighted by Crippen LogP contribution is 2.20. The molecule has 1 aromatic rings. The van der Waals surface area contributed by atoms with E-state index < -0.39 is 0 Å². The van der Waals surface area contributed by atoms with Gasteiger partial charge in [0.15, 0.2) is 0 Å². The van der Waals surface area contributed by atoms with E-state index in [9.17, 15) is 0 Å². The molecule has 0 spiro atoms. The van der Waals surface area contributed by atoms with E-state index in [1.807, 2.05) is 11.3 Å². The van der Waals surface area contributed by atoms with Crippen LogP contribution in [-0.2, 0) is 11.3 Å². The monoisotopic (exact) mass is 227 g/mol. The zero-order valence-corrected chi connectivity index (χ0v) is 10.9. The first-order chi connectivity index (χ1) is 7.17. The van der Waals surface area contributed by atoms with Crippen LogP contribution in [0.25, 0.3) is 0 Å². The van der Waals surface area contributed by atoms with Crippen LogP contribution in [0.5, 0.6) is 0 Å². The molecule has 1 aromatic heterocycles. The van der Waals surface area contributed by atoms with Crippen LogP contribution in [0.2, 0.25) is 0 Å². The van der Waals surface area contributed by atoms with E-state index in [0.29, 0.717) is 6.04 Å². The Hall–Kier alpha value is -0.380. The third kappa shape index (κ3) is 3.93. The van der Waals surface area contributed by atoms with Crippen LogP contribution in [-0.4, -0.2) is 19.8 Å². The molecule has 1 heterocycles. The molecule has 0 aliphatic carbocycles. The van der Waals surface area contributed by atoms with Crippen LogP contribution >= 0.6 is 11.3 Å². The van der Waals surface area contributed by atoms with Crippen molar-refractivity contribution in [3.8, 4) is 0 Å². The van der Waals surface area contributed by atoms with Gasteiger partial charge in [0.05, 0.1) is 6.61 Å². The van der Waals surface area contributed by atoms with Crippen molar-refractivity contribution in [2.45, 2.75) is 39.8 Å². The summed E-state index contributed by atoms with van der Waals surface area (Å²) < 4.78 is 5.16. The molecule has 86 valence electrons. The predicted molar refractivity (Wildman–Crippen MR) is 66.6 cm³/mol. The topological polar surface area (TPSA) is 21.3 Å². The number of thiophene rings is 1. The van der Waals surface area contributed by atoms with E-state index in [1.54, 1.807) is 7.11 Å². The van der Waals surface area contributed by atoms with Crippen LogP contribution < -0.4 is 5.32 Å². The zero-order valence-electron chi connectivity index (χ0n) is 10.1. The van der Waals surface area contributed by atoms with Gasteiger partial charge in [0, 0.05) is 29.5 Å². The number of methoxy groups -OCH3 is 1. The number of ether oxygens (including phenoxy) is 1. The fraction of sp³-hybridized carbons (Fsp3) is 0.667. The van der Waals surface area contributed by atoms with E-state index in [4.69, 9.17) is 4.74 Å². The van der Waals surface area contributed by atoms with Crippen molar-refractivity contribution in [1.82, 2.24) is 5.32 Å². The van der Waals surface area contributed by atoms with Crippen molar-refractivity contribution in [2.24, 2.45) is 0 Å². The molecular formula is C12H21NOS. The molecule has 0 aliphatic heterocycles. The SMILES string of the molecule is CCC(COC)NCc1cc(C)sc1C. The molecule has 2 nitrogen and oxygen atoms in total. The quantitative estimate of drug-likeness (QED) is 0.807. The second-order valence-corrected chi connectivity index (χ2v) is 5.34. The number of nitrogens with one attached hydrogen (secondary N) is 1. The van der Waals surface area contributed by atoms with Gasteiger partial charge in [-0.15, -0.1) is 11.3 Å². The minimum absolute atomic E-state index is 0.467. The highest BCUT2D eigenvalue weighted by atomic mass is 32.1. The highest BCUT2D eigenvalue weighted by Gasteiger charge is 2.07. The van der Waals surface area contributed by atoms with E-state index >= 15 is 0 Å². The number of hydrogen-bond donors (Lipinski definition) is 1. The largest absolute Gasteiger partial charge is 0.383 e. The standard InChI is InChI=1S/C12H21NOS/c1-5-12(8-14-4)13-7-11-6-9(2)15-10(11)3/h6,12-13H,5,7-8H2,1-4H3. The molecule has 0 bridgehead atoms. The zero-order chi connectivity index (χ0) is 11.3. The smallest absolute Gasteiger partial charge is 0.0615 e. The lowest BCUT2D eigenvalue weighted by molar-refractivity contribution is 0.164. The Morgan fingerprint density at radius 2 is 2.20 bits per heavy atom. The molecular weight excluding hydrogens is 206 g/mol. The van der Waals surface area contributed by atoms with E-state index in [1.165, 1.54) is 15.3 Å². The summed E-state index contributed by atoms with van der Waals surface area (Å²) >= 11 is 1.87. The lowest BCUT2D eigenvalue weighted by Gasteiger charge is -2.15. The van der Waals surface area contributed by atoms with Gasteiger partial charge < -0.3 is 10.1 Å². The van der Waals surface area contributed by atoms with Gasteiger partial charge in [-0.2, -0.15) is 0 Å². The summed E-state index contributed by atoms with van der Waals surface area (Å²) in [6.07, 6.45) is 1.11. The molecule has 1 rings (SSSR count). The summed E-state index contributed by atoms with van der Waals surface area (Å²) in [5, 5.41) is 3.52. The fourth-order valence-electron chi connectivity index (χ4n) is 1.64. The first-order valence-corrected chi connectivity index (χ1v) is 6.27.